The van der Waals surface area contributed by atoms with Gasteiger partial charge in [-0.3, -0.25) is 9.59 Å². The molecule has 0 saturated carbocycles. The van der Waals surface area contributed by atoms with E-state index in [1.54, 1.807) is 6.07 Å². The van der Waals surface area contributed by atoms with E-state index in [1.807, 2.05) is 24.3 Å². The van der Waals surface area contributed by atoms with Gasteiger partial charge in [0.2, 0.25) is 11.8 Å². The van der Waals surface area contributed by atoms with Crippen LogP contribution < -0.4 is 10.6 Å². The first-order valence-corrected chi connectivity index (χ1v) is 9.73. The molecule has 154 valence electrons. The molecule has 2 amide bonds. The van der Waals surface area contributed by atoms with Crippen molar-refractivity contribution in [3.05, 3.63) is 69.9 Å². The predicted molar refractivity (Wildman–Crippen MR) is 110 cm³/mol. The number of halogens is 2. The number of methoxy groups -OCH3 is 1. The molecule has 0 aliphatic heterocycles. The Morgan fingerprint density at radius 3 is 2.14 bits per heavy atom. The zero-order valence-electron chi connectivity index (χ0n) is 16.1. The molecule has 29 heavy (non-hydrogen) atoms. The lowest BCUT2D eigenvalue weighted by Gasteiger charge is -2.22. The maximum atomic E-state index is 14.0. The molecule has 8 heteroatoms. The van der Waals surface area contributed by atoms with E-state index in [0.717, 1.165) is 10.0 Å². The van der Waals surface area contributed by atoms with Crippen molar-refractivity contribution in [2.45, 2.75) is 31.8 Å². The van der Waals surface area contributed by atoms with Crippen LogP contribution in [0.2, 0.25) is 0 Å². The van der Waals surface area contributed by atoms with Crippen LogP contribution in [0.4, 0.5) is 4.39 Å². The first-order chi connectivity index (χ1) is 13.8. The van der Waals surface area contributed by atoms with Gasteiger partial charge in [-0.1, -0.05) is 52.3 Å². The second-order valence-electron chi connectivity index (χ2n) is 6.43. The summed E-state index contributed by atoms with van der Waals surface area (Å²) in [6, 6.07) is 11.3. The molecule has 0 spiro atoms. The van der Waals surface area contributed by atoms with Crippen LogP contribution >= 0.6 is 15.9 Å². The molecule has 0 radical (unpaired) electrons. The van der Waals surface area contributed by atoms with Gasteiger partial charge in [-0.05, 0) is 23.3 Å². The van der Waals surface area contributed by atoms with Crippen LogP contribution in [0.15, 0.2) is 53.0 Å². The molecule has 0 aliphatic rings. The Bertz CT molecular complexity index is 890. The summed E-state index contributed by atoms with van der Waals surface area (Å²) in [5.74, 6) is -2.15. The van der Waals surface area contributed by atoms with Gasteiger partial charge in [-0.15, -0.1) is 0 Å². The molecule has 2 N–H and O–H groups in total. The summed E-state index contributed by atoms with van der Waals surface area (Å²) in [7, 11) is 1.23. The van der Waals surface area contributed by atoms with Crippen molar-refractivity contribution in [1.82, 2.24) is 10.6 Å². The molecule has 0 fully saturated rings. The second-order valence-corrected chi connectivity index (χ2v) is 7.28. The van der Waals surface area contributed by atoms with Crippen molar-refractivity contribution in [2.24, 2.45) is 0 Å². The number of hydrogen-bond donors (Lipinski definition) is 2. The van der Waals surface area contributed by atoms with Gasteiger partial charge in [-0.2, -0.15) is 0 Å². The highest BCUT2D eigenvalue weighted by molar-refractivity contribution is 9.10. The second kappa shape index (κ2) is 10.7. The summed E-state index contributed by atoms with van der Waals surface area (Å²) in [4.78, 5) is 36.6. The number of carbonyl (C=O) groups excluding carboxylic acids is 3. The van der Waals surface area contributed by atoms with Crippen molar-refractivity contribution < 1.29 is 23.5 Å². The molecule has 6 nitrogen and oxygen atoms in total. The van der Waals surface area contributed by atoms with Crippen LogP contribution in [0, 0.1) is 5.82 Å². The summed E-state index contributed by atoms with van der Waals surface area (Å²) in [6.07, 6.45) is 0.132. The monoisotopic (exact) mass is 464 g/mol. The molecule has 0 saturated heterocycles. The largest absolute Gasteiger partial charge is 0.467 e. The number of nitrogens with one attached hydrogen (secondary N) is 2. The Morgan fingerprint density at radius 2 is 1.55 bits per heavy atom. The molecule has 2 aromatic rings. The Kier molecular flexibility index (Phi) is 8.33. The third-order valence-corrected chi connectivity index (χ3v) is 5.03. The number of hydrogen-bond acceptors (Lipinski definition) is 4. The Hall–Kier alpha value is -2.74. The zero-order valence-corrected chi connectivity index (χ0v) is 17.7. The highest BCUT2D eigenvalue weighted by Gasteiger charge is 2.28. The van der Waals surface area contributed by atoms with E-state index in [9.17, 15) is 18.8 Å². The van der Waals surface area contributed by atoms with Gasteiger partial charge >= 0.3 is 5.97 Å². The normalized spacial score (nSPS) is 12.6. The quantitative estimate of drug-likeness (QED) is 0.587. The van der Waals surface area contributed by atoms with Crippen molar-refractivity contribution in [3.8, 4) is 0 Å². The maximum Gasteiger partial charge on any atom is 0.328 e. The lowest BCUT2D eigenvalue weighted by Crippen LogP contribution is -2.53. The number of ether oxygens (including phenoxy) is 1. The Morgan fingerprint density at radius 1 is 0.966 bits per heavy atom. The minimum atomic E-state index is -1.05. The fraction of sp³-hybridized carbons (Fsp3) is 0.286. The van der Waals surface area contributed by atoms with E-state index in [0.29, 0.717) is 0 Å². The minimum Gasteiger partial charge on any atom is -0.467 e. The standard InChI is InChI=1S/C21H22BrFN2O4/c1-13(26)24-18(12-15-8-4-6-10-17(15)23)20(27)25-19(21(28)29-2)11-14-7-3-5-9-16(14)22/h3-10,18-19H,11-12H2,1-2H3,(H,24,26)(H,25,27)/t18-,19+/m0/s1. The van der Waals surface area contributed by atoms with Gasteiger partial charge in [0.15, 0.2) is 0 Å². The molecule has 0 aromatic heterocycles. The highest BCUT2D eigenvalue weighted by Crippen LogP contribution is 2.18. The summed E-state index contributed by atoms with van der Waals surface area (Å²) < 4.78 is 19.6. The minimum absolute atomic E-state index is 0.0546. The predicted octanol–water partition coefficient (Wildman–Crippen LogP) is 2.54. The highest BCUT2D eigenvalue weighted by atomic mass is 79.9. The van der Waals surface area contributed by atoms with Crippen LogP contribution in [0.25, 0.3) is 0 Å². The van der Waals surface area contributed by atoms with Crippen LogP contribution in [-0.4, -0.2) is 37.0 Å². The van der Waals surface area contributed by atoms with Gasteiger partial charge in [-0.25, -0.2) is 9.18 Å². The van der Waals surface area contributed by atoms with E-state index < -0.39 is 35.7 Å². The van der Waals surface area contributed by atoms with Gasteiger partial charge in [0.1, 0.15) is 17.9 Å². The molecular weight excluding hydrogens is 443 g/mol. The van der Waals surface area contributed by atoms with Gasteiger partial charge in [0.25, 0.3) is 0 Å². The van der Waals surface area contributed by atoms with Crippen molar-refractivity contribution >= 4 is 33.7 Å². The van der Waals surface area contributed by atoms with Crippen LogP contribution in [-0.2, 0) is 32.0 Å². The molecule has 2 rings (SSSR count). The van der Waals surface area contributed by atoms with E-state index >= 15 is 0 Å². The zero-order chi connectivity index (χ0) is 21.4. The fourth-order valence-electron chi connectivity index (χ4n) is 2.83. The average molecular weight is 465 g/mol. The van der Waals surface area contributed by atoms with Crippen molar-refractivity contribution in [2.75, 3.05) is 7.11 Å². The topological polar surface area (TPSA) is 84.5 Å². The summed E-state index contributed by atoms with van der Waals surface area (Å²) >= 11 is 3.41. The van der Waals surface area contributed by atoms with Crippen molar-refractivity contribution in [1.29, 1.82) is 0 Å². The number of benzene rings is 2. The lowest BCUT2D eigenvalue weighted by molar-refractivity contribution is -0.145. The summed E-state index contributed by atoms with van der Waals surface area (Å²) in [5.41, 5.74) is 1.08. The smallest absolute Gasteiger partial charge is 0.328 e. The lowest BCUT2D eigenvalue weighted by atomic mass is 10.0. The number of amides is 2. The van der Waals surface area contributed by atoms with Crippen LogP contribution in [0.3, 0.4) is 0 Å². The Balaban J connectivity index is 2.20. The Labute approximate surface area is 177 Å². The fourth-order valence-corrected chi connectivity index (χ4v) is 3.28. The molecule has 2 aromatic carbocycles. The SMILES string of the molecule is COC(=O)[C@@H](Cc1ccccc1Br)NC(=O)[C@H](Cc1ccccc1F)NC(C)=O. The van der Waals surface area contributed by atoms with E-state index in [1.165, 1.54) is 32.2 Å². The van der Waals surface area contributed by atoms with Crippen molar-refractivity contribution in [3.63, 3.8) is 0 Å². The number of carbonyl (C=O) groups is 3. The van der Waals surface area contributed by atoms with Gasteiger partial charge < -0.3 is 15.4 Å². The number of esters is 1. The number of rotatable bonds is 8. The summed E-state index contributed by atoms with van der Waals surface area (Å²) in [6.45, 7) is 1.26. The third-order valence-electron chi connectivity index (χ3n) is 4.26. The maximum absolute atomic E-state index is 14.0. The summed E-state index contributed by atoms with van der Waals surface area (Å²) in [5, 5.41) is 5.13. The van der Waals surface area contributed by atoms with E-state index in [4.69, 9.17) is 4.74 Å². The molecule has 0 heterocycles. The molecular formula is C21H22BrFN2O4. The average Bonchev–Trinajstić information content (AvgIpc) is 2.69. The first-order valence-electron chi connectivity index (χ1n) is 8.94. The van der Waals surface area contributed by atoms with Gasteiger partial charge in [0.05, 0.1) is 7.11 Å². The molecule has 0 aliphatic carbocycles. The third kappa shape index (κ3) is 6.67. The van der Waals surface area contributed by atoms with Crippen LogP contribution in [0.5, 0.6) is 0 Å². The van der Waals surface area contributed by atoms with Crippen LogP contribution in [0.1, 0.15) is 18.1 Å². The van der Waals surface area contributed by atoms with E-state index in [2.05, 4.69) is 26.6 Å². The molecule has 0 bridgehead atoms. The first kappa shape index (κ1) is 22.5. The molecule has 2 atom stereocenters. The van der Waals surface area contributed by atoms with E-state index in [-0.39, 0.29) is 18.4 Å². The molecule has 0 unspecified atom stereocenters. The van der Waals surface area contributed by atoms with Gasteiger partial charge in [0, 0.05) is 24.2 Å².